The molecule has 42 heavy (non-hydrogen) atoms. The third-order valence-corrected chi connectivity index (χ3v) is 44.2. The van der Waals surface area contributed by atoms with E-state index in [4.69, 9.17) is 0 Å². The van der Waals surface area contributed by atoms with Crippen LogP contribution in [0.25, 0.3) is 0 Å². The average Bonchev–Trinajstić information content (AvgIpc) is 3.08. The first kappa shape index (κ1) is 29.0. The zero-order valence-electron chi connectivity index (χ0n) is 24.5. The van der Waals surface area contributed by atoms with Crippen molar-refractivity contribution in [3.8, 4) is 0 Å². The molecule has 0 amide bonds. The van der Waals surface area contributed by atoms with Crippen LogP contribution in [0.3, 0.4) is 0 Å². The number of hydrogen-bond donors (Lipinski definition) is 0. The van der Waals surface area contributed by atoms with Crippen LogP contribution in [0, 0.1) is 0 Å². The van der Waals surface area contributed by atoms with Gasteiger partial charge in [0.05, 0.1) is 0 Å². The minimum atomic E-state index is -3.67. The third-order valence-electron chi connectivity index (χ3n) is 9.49. The van der Waals surface area contributed by atoms with E-state index in [-0.39, 0.29) is 0 Å². The molecule has 0 saturated heterocycles. The molecule has 2 unspecified atom stereocenters. The zero-order valence-corrected chi connectivity index (χ0v) is 30.2. The van der Waals surface area contributed by atoms with Gasteiger partial charge in [0.2, 0.25) is 0 Å². The van der Waals surface area contributed by atoms with Gasteiger partial charge in [-0.3, -0.25) is 0 Å². The van der Waals surface area contributed by atoms with E-state index in [1.165, 1.54) is 0 Å². The molecule has 206 valence electrons. The molecule has 6 rings (SSSR count). The Hall–Kier alpha value is -3.08. The Bertz CT molecular complexity index is 1350. The van der Waals surface area contributed by atoms with Crippen molar-refractivity contribution < 1.29 is 0 Å². The molecule has 0 radical (unpaired) electrons. The summed E-state index contributed by atoms with van der Waals surface area (Å²) in [6.45, 7) is 5.24. The third kappa shape index (κ3) is 5.07. The van der Waals surface area contributed by atoms with E-state index < -0.39 is 36.8 Å². The van der Waals surface area contributed by atoms with Gasteiger partial charge >= 0.3 is 262 Å². The fourth-order valence-electron chi connectivity index (χ4n) is 7.53. The van der Waals surface area contributed by atoms with Gasteiger partial charge in [0.15, 0.2) is 0 Å². The van der Waals surface area contributed by atoms with Crippen molar-refractivity contribution in [3.63, 3.8) is 0 Å². The second-order valence-corrected chi connectivity index (χ2v) is 35.7. The minimum absolute atomic E-state index is 0.475. The SMILES string of the molecule is C[CH]([CH](C)[Sn]([c]1ccccc1)([c]1ccccc1)[c]1ccccc1)[Sn]([c]1ccccc1)([c]1ccccc1)[c]1ccccc1. The van der Waals surface area contributed by atoms with Crippen LogP contribution in [0.5, 0.6) is 0 Å². The van der Waals surface area contributed by atoms with Gasteiger partial charge < -0.3 is 0 Å². The first-order chi connectivity index (χ1) is 20.7. The summed E-state index contributed by atoms with van der Waals surface area (Å²) in [7, 11) is 0. The molecular formula is C40H38Sn2. The van der Waals surface area contributed by atoms with Gasteiger partial charge in [-0.2, -0.15) is 0 Å². The average molecular weight is 756 g/mol. The number of hydrogen-bond acceptors (Lipinski definition) is 0. The van der Waals surface area contributed by atoms with E-state index in [1.807, 2.05) is 0 Å². The molecule has 0 fully saturated rings. The molecule has 0 aromatic heterocycles. The maximum absolute atomic E-state index is 3.67. The normalized spacial score (nSPS) is 13.3. The monoisotopic (exact) mass is 758 g/mol. The number of benzene rings is 6. The Labute approximate surface area is 259 Å². The molecule has 2 heteroatoms. The van der Waals surface area contributed by atoms with Crippen molar-refractivity contribution >= 4 is 58.2 Å². The van der Waals surface area contributed by atoms with Crippen molar-refractivity contribution in [2.24, 2.45) is 0 Å². The van der Waals surface area contributed by atoms with Crippen LogP contribution in [0.15, 0.2) is 182 Å². The van der Waals surface area contributed by atoms with Crippen molar-refractivity contribution in [2.75, 3.05) is 0 Å². The molecule has 0 N–H and O–H groups in total. The topological polar surface area (TPSA) is 0 Å². The van der Waals surface area contributed by atoms with Crippen LogP contribution < -0.4 is 21.5 Å². The van der Waals surface area contributed by atoms with Crippen molar-refractivity contribution in [1.82, 2.24) is 0 Å². The van der Waals surface area contributed by atoms with Crippen LogP contribution in [0.4, 0.5) is 0 Å². The van der Waals surface area contributed by atoms with Gasteiger partial charge in [-0.05, 0) is 0 Å². The standard InChI is InChI=1S/6C6H5.C4H8.2Sn/c6*1-2-4-6-5-3-1;1-3-4-2;;/h6*1-5H;3-4H,1-2H3;;. The fourth-order valence-corrected chi connectivity index (χ4v) is 48.4. The molecule has 2 atom stereocenters. The zero-order chi connectivity index (χ0) is 28.8. The first-order valence-corrected chi connectivity index (χ1v) is 26.9. The van der Waals surface area contributed by atoms with E-state index in [0.29, 0.717) is 7.87 Å². The van der Waals surface area contributed by atoms with Crippen molar-refractivity contribution in [3.05, 3.63) is 182 Å². The van der Waals surface area contributed by atoms with Gasteiger partial charge in [-0.15, -0.1) is 0 Å². The van der Waals surface area contributed by atoms with E-state index in [2.05, 4.69) is 196 Å². The summed E-state index contributed by atoms with van der Waals surface area (Å²) >= 11 is -7.35. The van der Waals surface area contributed by atoms with Crippen molar-refractivity contribution in [2.45, 2.75) is 21.7 Å². The maximum atomic E-state index is 2.62. The van der Waals surface area contributed by atoms with E-state index in [0.717, 1.165) is 0 Å². The van der Waals surface area contributed by atoms with Crippen LogP contribution in [-0.2, 0) is 0 Å². The summed E-state index contributed by atoms with van der Waals surface area (Å²) < 4.78 is 10.3. The fraction of sp³-hybridized carbons (Fsp3) is 0.100. The quantitative estimate of drug-likeness (QED) is 0.157. The van der Waals surface area contributed by atoms with E-state index in [9.17, 15) is 0 Å². The Kier molecular flexibility index (Phi) is 9.02. The summed E-state index contributed by atoms with van der Waals surface area (Å²) in [5, 5.41) is 0. The van der Waals surface area contributed by atoms with Gasteiger partial charge in [-0.25, -0.2) is 0 Å². The van der Waals surface area contributed by atoms with Gasteiger partial charge in [0.25, 0.3) is 0 Å². The molecule has 0 aliphatic heterocycles. The van der Waals surface area contributed by atoms with E-state index >= 15 is 0 Å². The Balaban J connectivity index is 1.71. The molecule has 0 aliphatic carbocycles. The van der Waals surface area contributed by atoms with Crippen LogP contribution in [0.2, 0.25) is 7.87 Å². The molecule has 0 spiro atoms. The molecule has 6 aromatic carbocycles. The molecule has 0 nitrogen and oxygen atoms in total. The van der Waals surface area contributed by atoms with Gasteiger partial charge in [0, 0.05) is 0 Å². The molecule has 6 aromatic rings. The molecule has 0 saturated carbocycles. The second-order valence-electron chi connectivity index (χ2n) is 11.4. The molecule has 0 bridgehead atoms. The Morgan fingerprint density at radius 1 is 0.262 bits per heavy atom. The molecule has 0 aliphatic rings. The van der Waals surface area contributed by atoms with E-state index in [1.54, 1.807) is 21.5 Å². The first-order valence-electron chi connectivity index (χ1n) is 15.0. The molecule has 0 heterocycles. The van der Waals surface area contributed by atoms with Gasteiger partial charge in [-0.1, -0.05) is 0 Å². The van der Waals surface area contributed by atoms with Crippen LogP contribution >= 0.6 is 0 Å². The van der Waals surface area contributed by atoms with Crippen molar-refractivity contribution in [1.29, 1.82) is 0 Å². The Morgan fingerprint density at radius 2 is 0.405 bits per heavy atom. The van der Waals surface area contributed by atoms with Gasteiger partial charge in [0.1, 0.15) is 0 Å². The predicted molar refractivity (Wildman–Crippen MR) is 187 cm³/mol. The summed E-state index contributed by atoms with van der Waals surface area (Å²) in [5.41, 5.74) is 0. The summed E-state index contributed by atoms with van der Waals surface area (Å²) in [6.07, 6.45) is 0. The summed E-state index contributed by atoms with van der Waals surface area (Å²) in [6, 6.07) is 69.3. The number of rotatable bonds is 9. The second kappa shape index (κ2) is 13.1. The predicted octanol–water partition coefficient (Wildman–Crippen LogP) is 6.11. The summed E-state index contributed by atoms with van der Waals surface area (Å²) in [4.78, 5) is 0. The Morgan fingerprint density at radius 3 is 0.548 bits per heavy atom. The van der Waals surface area contributed by atoms with Crippen LogP contribution in [0.1, 0.15) is 13.8 Å². The molecular weight excluding hydrogens is 718 g/mol. The van der Waals surface area contributed by atoms with Crippen LogP contribution in [-0.4, -0.2) is 36.8 Å². The summed E-state index contributed by atoms with van der Waals surface area (Å²) in [5.74, 6) is 0.